The molecule has 0 amide bonds. The van der Waals surface area contributed by atoms with E-state index in [9.17, 15) is 13.2 Å². The zero-order valence-electron chi connectivity index (χ0n) is 11.7. The van der Waals surface area contributed by atoms with Crippen LogP contribution < -0.4 is 10.1 Å². The fourth-order valence-corrected chi connectivity index (χ4v) is 1.72. The van der Waals surface area contributed by atoms with Crippen molar-refractivity contribution in [2.45, 2.75) is 20.3 Å². The lowest BCUT2D eigenvalue weighted by molar-refractivity contribution is 0.414. The summed E-state index contributed by atoms with van der Waals surface area (Å²) in [7, 11) is 0. The number of hydrogen-bond acceptors (Lipinski definition) is 3. The number of nitrogens with zero attached hydrogens (tertiary/aromatic N) is 1. The lowest BCUT2D eigenvalue weighted by Gasteiger charge is -2.11. The van der Waals surface area contributed by atoms with Crippen LogP contribution in [0.25, 0.3) is 0 Å². The summed E-state index contributed by atoms with van der Waals surface area (Å²) in [5.41, 5.74) is 0.489. The van der Waals surface area contributed by atoms with Gasteiger partial charge < -0.3 is 10.1 Å². The van der Waals surface area contributed by atoms with Gasteiger partial charge >= 0.3 is 0 Å². The average Bonchev–Trinajstić information content (AvgIpc) is 2.43. The zero-order valence-corrected chi connectivity index (χ0v) is 11.7. The second-order valence-electron chi connectivity index (χ2n) is 4.54. The lowest BCUT2D eigenvalue weighted by Crippen LogP contribution is -2.06. The fourth-order valence-electron chi connectivity index (χ4n) is 1.72. The van der Waals surface area contributed by atoms with E-state index in [4.69, 9.17) is 4.74 Å². The first-order chi connectivity index (χ1) is 10.0. The number of rotatable bonds is 5. The molecule has 3 nitrogen and oxygen atoms in total. The van der Waals surface area contributed by atoms with Crippen LogP contribution in [-0.2, 0) is 0 Å². The number of aryl methyl sites for hydroxylation is 1. The van der Waals surface area contributed by atoms with Gasteiger partial charge in [-0.05, 0) is 37.1 Å². The SMILES string of the molecule is CCCNc1nc(Oc2ccc(F)cc2C)c(F)cc1F. The molecule has 0 unspecified atom stereocenters. The van der Waals surface area contributed by atoms with Crippen LogP contribution in [0.4, 0.5) is 19.0 Å². The van der Waals surface area contributed by atoms with Gasteiger partial charge in [0.1, 0.15) is 11.6 Å². The van der Waals surface area contributed by atoms with Crippen LogP contribution in [0, 0.1) is 24.4 Å². The molecular formula is C15H15F3N2O. The van der Waals surface area contributed by atoms with Gasteiger partial charge in [-0.1, -0.05) is 6.92 Å². The van der Waals surface area contributed by atoms with Gasteiger partial charge in [0, 0.05) is 12.6 Å². The Balaban J connectivity index is 2.30. The molecule has 0 atom stereocenters. The van der Waals surface area contributed by atoms with E-state index in [1.807, 2.05) is 6.92 Å². The normalized spacial score (nSPS) is 10.5. The first kappa shape index (κ1) is 15.2. The predicted molar refractivity (Wildman–Crippen MR) is 74.1 cm³/mol. The van der Waals surface area contributed by atoms with Crippen LogP contribution in [0.5, 0.6) is 11.6 Å². The molecule has 6 heteroatoms. The Bertz CT molecular complexity index is 647. The first-order valence-electron chi connectivity index (χ1n) is 6.55. The second-order valence-corrected chi connectivity index (χ2v) is 4.54. The number of aromatic nitrogens is 1. The van der Waals surface area contributed by atoms with Crippen LogP contribution in [-0.4, -0.2) is 11.5 Å². The molecular weight excluding hydrogens is 281 g/mol. The van der Waals surface area contributed by atoms with Crippen molar-refractivity contribution >= 4 is 5.82 Å². The molecule has 112 valence electrons. The number of pyridine rings is 1. The van der Waals surface area contributed by atoms with E-state index in [1.165, 1.54) is 18.2 Å². The summed E-state index contributed by atoms with van der Waals surface area (Å²) in [6, 6.07) is 4.53. The van der Waals surface area contributed by atoms with Crippen LogP contribution in [0.2, 0.25) is 0 Å². The largest absolute Gasteiger partial charge is 0.436 e. The van der Waals surface area contributed by atoms with Crippen LogP contribution in [0.3, 0.4) is 0 Å². The summed E-state index contributed by atoms with van der Waals surface area (Å²) in [5.74, 6) is -2.30. The van der Waals surface area contributed by atoms with E-state index in [0.29, 0.717) is 18.2 Å². The predicted octanol–water partition coefficient (Wildman–Crippen LogP) is 4.42. The maximum absolute atomic E-state index is 13.7. The van der Waals surface area contributed by atoms with Crippen molar-refractivity contribution in [1.29, 1.82) is 0 Å². The van der Waals surface area contributed by atoms with Gasteiger partial charge in [0.2, 0.25) is 0 Å². The van der Waals surface area contributed by atoms with Crippen molar-refractivity contribution in [3.8, 4) is 11.6 Å². The first-order valence-corrected chi connectivity index (χ1v) is 6.55. The van der Waals surface area contributed by atoms with Crippen LogP contribution >= 0.6 is 0 Å². The van der Waals surface area contributed by atoms with Crippen LogP contribution in [0.1, 0.15) is 18.9 Å². The molecule has 0 saturated carbocycles. The molecule has 0 saturated heterocycles. The van der Waals surface area contributed by atoms with Gasteiger partial charge in [-0.3, -0.25) is 0 Å². The van der Waals surface area contributed by atoms with Gasteiger partial charge in [0.05, 0.1) is 0 Å². The van der Waals surface area contributed by atoms with E-state index in [2.05, 4.69) is 10.3 Å². The Hall–Kier alpha value is -2.24. The lowest BCUT2D eigenvalue weighted by atomic mass is 10.2. The molecule has 2 aromatic rings. The number of hydrogen-bond donors (Lipinski definition) is 1. The molecule has 0 aliphatic heterocycles. The summed E-state index contributed by atoms with van der Waals surface area (Å²) in [6.45, 7) is 4.04. The highest BCUT2D eigenvalue weighted by molar-refractivity contribution is 5.42. The monoisotopic (exact) mass is 296 g/mol. The zero-order chi connectivity index (χ0) is 15.4. The minimum Gasteiger partial charge on any atom is -0.436 e. The van der Waals surface area contributed by atoms with E-state index >= 15 is 0 Å². The van der Waals surface area contributed by atoms with Crippen molar-refractivity contribution in [2.24, 2.45) is 0 Å². The maximum Gasteiger partial charge on any atom is 0.258 e. The molecule has 1 N–H and O–H groups in total. The molecule has 0 fully saturated rings. The molecule has 0 bridgehead atoms. The van der Waals surface area contributed by atoms with Crippen molar-refractivity contribution in [2.75, 3.05) is 11.9 Å². The summed E-state index contributed by atoms with van der Waals surface area (Å²) >= 11 is 0. The maximum atomic E-state index is 13.7. The molecule has 0 spiro atoms. The number of ether oxygens (including phenoxy) is 1. The highest BCUT2D eigenvalue weighted by Crippen LogP contribution is 2.28. The number of halogens is 3. The van der Waals surface area contributed by atoms with Gasteiger partial charge in [0.15, 0.2) is 17.5 Å². The molecule has 0 radical (unpaired) electrons. The molecule has 2 rings (SSSR count). The number of nitrogens with one attached hydrogen (secondary N) is 1. The van der Waals surface area contributed by atoms with Crippen LogP contribution in [0.15, 0.2) is 24.3 Å². The quantitative estimate of drug-likeness (QED) is 0.886. The van der Waals surface area contributed by atoms with Crippen molar-refractivity contribution in [3.63, 3.8) is 0 Å². The van der Waals surface area contributed by atoms with E-state index < -0.39 is 17.5 Å². The summed E-state index contributed by atoms with van der Waals surface area (Å²) in [5, 5.41) is 2.75. The highest BCUT2D eigenvalue weighted by atomic mass is 19.1. The van der Waals surface area contributed by atoms with E-state index in [1.54, 1.807) is 6.92 Å². The van der Waals surface area contributed by atoms with Gasteiger partial charge in [-0.2, -0.15) is 4.98 Å². The Morgan fingerprint density at radius 1 is 1.14 bits per heavy atom. The third-order valence-corrected chi connectivity index (χ3v) is 2.78. The van der Waals surface area contributed by atoms with Crippen molar-refractivity contribution in [1.82, 2.24) is 4.98 Å². The Morgan fingerprint density at radius 3 is 2.57 bits per heavy atom. The molecule has 21 heavy (non-hydrogen) atoms. The van der Waals surface area contributed by atoms with E-state index in [-0.39, 0.29) is 17.4 Å². The summed E-state index contributed by atoms with van der Waals surface area (Å²) < 4.78 is 45.6. The number of anilines is 1. The fraction of sp³-hybridized carbons (Fsp3) is 0.267. The smallest absolute Gasteiger partial charge is 0.258 e. The van der Waals surface area contributed by atoms with Gasteiger partial charge in [-0.25, -0.2) is 13.2 Å². The number of benzene rings is 1. The standard InChI is InChI=1S/C15H15F3N2O/c1-3-6-19-14-11(17)8-12(18)15(20-14)21-13-5-4-10(16)7-9(13)2/h4-5,7-8H,3,6H2,1-2H3,(H,19,20). The summed E-state index contributed by atoms with van der Waals surface area (Å²) in [6.07, 6.45) is 0.770. The van der Waals surface area contributed by atoms with Gasteiger partial charge in [-0.15, -0.1) is 0 Å². The van der Waals surface area contributed by atoms with Gasteiger partial charge in [0.25, 0.3) is 5.88 Å². The molecule has 0 aliphatic carbocycles. The van der Waals surface area contributed by atoms with E-state index in [0.717, 1.165) is 6.42 Å². The Kier molecular flexibility index (Phi) is 4.67. The minimum atomic E-state index is -0.918. The molecule has 1 heterocycles. The Morgan fingerprint density at radius 2 is 1.90 bits per heavy atom. The minimum absolute atomic E-state index is 0.0759. The third kappa shape index (κ3) is 3.65. The second kappa shape index (κ2) is 6.47. The van der Waals surface area contributed by atoms with Crippen molar-refractivity contribution in [3.05, 3.63) is 47.3 Å². The average molecular weight is 296 g/mol. The summed E-state index contributed by atoms with van der Waals surface area (Å²) in [4.78, 5) is 3.79. The topological polar surface area (TPSA) is 34.2 Å². The molecule has 0 aliphatic rings. The molecule has 1 aromatic heterocycles. The Labute approximate surface area is 120 Å². The molecule has 1 aromatic carbocycles. The van der Waals surface area contributed by atoms with Crippen molar-refractivity contribution < 1.29 is 17.9 Å². The highest BCUT2D eigenvalue weighted by Gasteiger charge is 2.14. The third-order valence-electron chi connectivity index (χ3n) is 2.78.